The molecule has 0 aromatic heterocycles. The second kappa shape index (κ2) is 11.1. The van der Waals surface area contributed by atoms with Crippen LogP contribution in [0.1, 0.15) is 32.3 Å². The monoisotopic (exact) mass is 560 g/mol. The standard InChI is InChI=1S/C32H36O7Si/c1-32(2,3)40(22-12-8-6-9-13-22,23-14-10-7-11-15-23)39-25-17-16-24(31(34)36-5)28(29(25)33)21-18-26(35-4)30-27(19-21)37-20-38-30/h6-19,24-25,28-29,33H,20H2,1-5H3/t24-,25+,28+,29+/m0/s1. The number of hydrogen-bond acceptors (Lipinski definition) is 7. The van der Waals surface area contributed by atoms with Gasteiger partial charge in [0.2, 0.25) is 12.5 Å². The Balaban J connectivity index is 1.64. The van der Waals surface area contributed by atoms with Crippen molar-refractivity contribution in [1.29, 1.82) is 0 Å². The minimum Gasteiger partial charge on any atom is -0.493 e. The van der Waals surface area contributed by atoms with Gasteiger partial charge in [0.1, 0.15) is 0 Å². The molecule has 0 saturated heterocycles. The van der Waals surface area contributed by atoms with Crippen LogP contribution in [0.3, 0.4) is 0 Å². The van der Waals surface area contributed by atoms with Crippen LogP contribution in [-0.2, 0) is 14.0 Å². The summed E-state index contributed by atoms with van der Waals surface area (Å²) in [5, 5.41) is 14.0. The minimum absolute atomic E-state index is 0.0717. The van der Waals surface area contributed by atoms with E-state index in [-0.39, 0.29) is 11.8 Å². The molecule has 5 rings (SSSR count). The van der Waals surface area contributed by atoms with Crippen LogP contribution in [0.5, 0.6) is 17.2 Å². The van der Waals surface area contributed by atoms with Crippen LogP contribution >= 0.6 is 0 Å². The van der Waals surface area contributed by atoms with E-state index < -0.39 is 38.3 Å². The first-order chi connectivity index (χ1) is 19.2. The van der Waals surface area contributed by atoms with Gasteiger partial charge in [-0.2, -0.15) is 0 Å². The fourth-order valence-electron chi connectivity index (χ4n) is 5.99. The van der Waals surface area contributed by atoms with E-state index in [1.165, 1.54) is 7.11 Å². The maximum Gasteiger partial charge on any atom is 0.313 e. The van der Waals surface area contributed by atoms with E-state index in [4.69, 9.17) is 23.4 Å². The molecule has 1 N–H and O–H groups in total. The topological polar surface area (TPSA) is 83.5 Å². The number of aliphatic hydroxyl groups excluding tert-OH is 1. The lowest BCUT2D eigenvalue weighted by molar-refractivity contribution is -0.146. The van der Waals surface area contributed by atoms with Crippen LogP contribution in [0.4, 0.5) is 0 Å². The van der Waals surface area contributed by atoms with Gasteiger partial charge in [-0.25, -0.2) is 0 Å². The number of fused-ring (bicyclic) bond motifs is 1. The summed E-state index contributed by atoms with van der Waals surface area (Å²) in [7, 11) is -0.0993. The van der Waals surface area contributed by atoms with Crippen molar-refractivity contribution in [3.05, 3.63) is 90.5 Å². The van der Waals surface area contributed by atoms with Gasteiger partial charge in [-0.15, -0.1) is 0 Å². The Kier molecular flexibility index (Phi) is 7.77. The Labute approximate surface area is 236 Å². The van der Waals surface area contributed by atoms with E-state index >= 15 is 0 Å². The van der Waals surface area contributed by atoms with Crippen molar-refractivity contribution in [3.63, 3.8) is 0 Å². The maximum absolute atomic E-state index is 13.0. The number of benzene rings is 3. The summed E-state index contributed by atoms with van der Waals surface area (Å²) in [4.78, 5) is 13.0. The van der Waals surface area contributed by atoms with Crippen molar-refractivity contribution < 1.29 is 33.3 Å². The molecular weight excluding hydrogens is 524 g/mol. The molecule has 3 aromatic rings. The SMILES string of the molecule is COC(=O)[C@H]1C=C[C@@H](O[Si](c2ccccc2)(c2ccccc2)C(C)(C)C)[C@@H](O)[C@@H]1c1cc(OC)c2c(c1)OCO2. The molecule has 3 aromatic carbocycles. The Hall–Kier alpha value is -3.59. The Bertz CT molecular complexity index is 1330. The maximum atomic E-state index is 13.0. The van der Waals surface area contributed by atoms with Crippen molar-refractivity contribution >= 4 is 24.7 Å². The van der Waals surface area contributed by atoms with Crippen molar-refractivity contribution in [3.8, 4) is 17.2 Å². The quantitative estimate of drug-likeness (QED) is 0.264. The lowest BCUT2D eigenvalue weighted by Crippen LogP contribution is -2.68. The second-order valence-electron chi connectivity index (χ2n) is 11.2. The molecule has 210 valence electrons. The zero-order valence-electron chi connectivity index (χ0n) is 23.5. The van der Waals surface area contributed by atoms with Crippen molar-refractivity contribution in [2.45, 2.75) is 43.9 Å². The largest absolute Gasteiger partial charge is 0.493 e. The number of aliphatic hydroxyl groups is 1. The molecule has 0 saturated carbocycles. The predicted octanol–water partition coefficient (Wildman–Crippen LogP) is 4.17. The molecule has 0 bridgehead atoms. The summed E-state index contributed by atoms with van der Waals surface area (Å²) in [6.07, 6.45) is 1.84. The number of carbonyl (C=O) groups is 1. The highest BCUT2D eigenvalue weighted by molar-refractivity contribution is 6.99. The third kappa shape index (κ3) is 4.80. The van der Waals surface area contributed by atoms with Gasteiger partial charge < -0.3 is 28.5 Å². The van der Waals surface area contributed by atoms with Crippen LogP contribution < -0.4 is 24.6 Å². The number of carbonyl (C=O) groups excluding carboxylic acids is 1. The van der Waals surface area contributed by atoms with Crippen LogP contribution in [0.15, 0.2) is 84.9 Å². The van der Waals surface area contributed by atoms with Crippen LogP contribution in [0.2, 0.25) is 5.04 Å². The molecule has 40 heavy (non-hydrogen) atoms. The molecular formula is C32H36O7Si. The van der Waals surface area contributed by atoms with E-state index in [1.807, 2.05) is 42.5 Å². The number of ether oxygens (including phenoxy) is 4. The fraction of sp³-hybridized carbons (Fsp3) is 0.344. The highest BCUT2D eigenvalue weighted by Crippen LogP contribution is 2.47. The molecule has 0 spiro atoms. The normalized spacial score (nSPS) is 22.1. The first-order valence-electron chi connectivity index (χ1n) is 13.4. The van der Waals surface area contributed by atoms with E-state index in [2.05, 4.69) is 45.0 Å². The lowest BCUT2D eigenvalue weighted by atomic mass is 9.76. The summed E-state index contributed by atoms with van der Waals surface area (Å²) in [5.74, 6) is -0.375. The predicted molar refractivity (Wildman–Crippen MR) is 155 cm³/mol. The molecule has 1 aliphatic carbocycles. The molecule has 0 unspecified atom stereocenters. The molecule has 1 heterocycles. The van der Waals surface area contributed by atoms with Crippen LogP contribution in [-0.4, -0.2) is 52.6 Å². The van der Waals surface area contributed by atoms with E-state index in [0.29, 0.717) is 22.8 Å². The van der Waals surface area contributed by atoms with Crippen molar-refractivity contribution in [1.82, 2.24) is 0 Å². The second-order valence-corrected chi connectivity index (χ2v) is 15.4. The van der Waals surface area contributed by atoms with Gasteiger partial charge in [0.05, 0.1) is 32.3 Å². The van der Waals surface area contributed by atoms with Crippen LogP contribution in [0.25, 0.3) is 0 Å². The average molecular weight is 561 g/mol. The van der Waals surface area contributed by atoms with E-state index in [0.717, 1.165) is 10.4 Å². The van der Waals surface area contributed by atoms with Gasteiger partial charge in [-0.05, 0) is 33.1 Å². The molecule has 4 atom stereocenters. The van der Waals surface area contributed by atoms with Gasteiger partial charge in [0.25, 0.3) is 8.32 Å². The van der Waals surface area contributed by atoms with Gasteiger partial charge in [0.15, 0.2) is 11.5 Å². The number of esters is 1. The number of methoxy groups -OCH3 is 2. The summed E-state index contributed by atoms with van der Waals surface area (Å²) in [5.41, 5.74) is 0.671. The molecule has 0 amide bonds. The molecule has 8 heteroatoms. The number of hydrogen-bond donors (Lipinski definition) is 1. The Morgan fingerprint density at radius 2 is 1.55 bits per heavy atom. The van der Waals surface area contributed by atoms with Crippen molar-refractivity contribution in [2.75, 3.05) is 21.0 Å². The first kappa shape index (κ1) is 28.0. The van der Waals surface area contributed by atoms with Gasteiger partial charge in [-0.3, -0.25) is 4.79 Å². The average Bonchev–Trinajstić information content (AvgIpc) is 3.44. The highest BCUT2D eigenvalue weighted by Gasteiger charge is 2.53. The minimum atomic E-state index is -3.00. The third-order valence-corrected chi connectivity index (χ3v) is 12.9. The first-order valence-corrected chi connectivity index (χ1v) is 15.3. The number of rotatable bonds is 7. The Morgan fingerprint density at radius 1 is 0.925 bits per heavy atom. The zero-order chi connectivity index (χ0) is 28.5. The molecule has 0 fully saturated rings. The van der Waals surface area contributed by atoms with Gasteiger partial charge >= 0.3 is 5.97 Å². The van der Waals surface area contributed by atoms with E-state index in [1.54, 1.807) is 25.3 Å². The summed E-state index contributed by atoms with van der Waals surface area (Å²) < 4.78 is 29.2. The Morgan fingerprint density at radius 3 is 2.10 bits per heavy atom. The van der Waals surface area contributed by atoms with Gasteiger partial charge in [0, 0.05) is 5.92 Å². The third-order valence-electron chi connectivity index (χ3n) is 7.87. The molecule has 0 radical (unpaired) electrons. The molecule has 2 aliphatic rings. The summed E-state index contributed by atoms with van der Waals surface area (Å²) in [6.45, 7) is 6.64. The lowest BCUT2D eigenvalue weighted by Gasteiger charge is -2.47. The van der Waals surface area contributed by atoms with Gasteiger partial charge in [-0.1, -0.05) is 93.6 Å². The molecule has 1 aliphatic heterocycles. The van der Waals surface area contributed by atoms with Crippen molar-refractivity contribution in [2.24, 2.45) is 5.92 Å². The highest BCUT2D eigenvalue weighted by atomic mass is 28.4. The fourth-order valence-corrected chi connectivity index (χ4v) is 10.6. The van der Waals surface area contributed by atoms with E-state index in [9.17, 15) is 9.90 Å². The smallest absolute Gasteiger partial charge is 0.313 e. The van der Waals surface area contributed by atoms with Crippen LogP contribution in [0, 0.1) is 5.92 Å². The summed E-state index contributed by atoms with van der Waals surface area (Å²) >= 11 is 0. The zero-order valence-corrected chi connectivity index (χ0v) is 24.5. The summed E-state index contributed by atoms with van der Waals surface area (Å²) in [6, 6.07) is 24.1. The molecule has 7 nitrogen and oxygen atoms in total.